The minimum atomic E-state index is -0.688. The zero-order chi connectivity index (χ0) is 14.4. The number of nitro groups is 1. The number of carbonyl (C=O) groups is 1. The van der Waals surface area contributed by atoms with E-state index < -0.39 is 10.6 Å². The molecule has 0 aliphatic rings. The smallest absolute Gasteiger partial charge is 0.348 e. The van der Waals surface area contributed by atoms with Crippen LogP contribution in [0.2, 0.25) is 5.15 Å². The highest BCUT2D eigenvalue weighted by atomic mass is 35.5. The van der Waals surface area contributed by atoms with E-state index in [2.05, 4.69) is 15.3 Å². The molecular weight excluding hydrogens is 274 g/mol. The van der Waals surface area contributed by atoms with Crippen LogP contribution in [-0.4, -0.2) is 45.3 Å². The van der Waals surface area contributed by atoms with Gasteiger partial charge in [-0.25, -0.2) is 9.97 Å². The highest BCUT2D eigenvalue weighted by Crippen LogP contribution is 2.27. The third kappa shape index (κ3) is 3.75. The molecule has 0 spiro atoms. The molecule has 1 aromatic rings. The maximum atomic E-state index is 11.8. The van der Waals surface area contributed by atoms with Crippen LogP contribution in [0.5, 0.6) is 0 Å². The summed E-state index contributed by atoms with van der Waals surface area (Å²) in [6.07, 6.45) is 1.10. The normalized spacial score (nSPS) is 10.1. The first-order valence-corrected chi connectivity index (χ1v) is 6.05. The van der Waals surface area contributed by atoms with Crippen LogP contribution in [0, 0.1) is 10.1 Å². The van der Waals surface area contributed by atoms with E-state index in [0.717, 1.165) is 6.33 Å². The quantitative estimate of drug-likeness (QED) is 0.481. The molecule has 9 heteroatoms. The van der Waals surface area contributed by atoms with Crippen molar-refractivity contribution in [1.82, 2.24) is 14.9 Å². The first-order valence-electron chi connectivity index (χ1n) is 5.67. The van der Waals surface area contributed by atoms with E-state index in [1.54, 1.807) is 4.90 Å². The number of carbonyl (C=O) groups excluding carboxylic acids is 1. The Labute approximate surface area is 114 Å². The van der Waals surface area contributed by atoms with Gasteiger partial charge in [-0.2, -0.15) is 0 Å². The molecule has 104 valence electrons. The van der Waals surface area contributed by atoms with Crippen LogP contribution in [0.1, 0.15) is 13.8 Å². The van der Waals surface area contributed by atoms with Crippen molar-refractivity contribution in [2.75, 3.05) is 25.0 Å². The number of likely N-dealkylation sites (N-methyl/N-ethyl adjacent to an activating group) is 1. The van der Waals surface area contributed by atoms with Crippen LogP contribution in [-0.2, 0) is 4.79 Å². The van der Waals surface area contributed by atoms with Gasteiger partial charge in [-0.3, -0.25) is 14.9 Å². The van der Waals surface area contributed by atoms with Crippen molar-refractivity contribution in [3.05, 3.63) is 21.6 Å². The molecule has 0 fully saturated rings. The molecule has 1 rings (SSSR count). The molecule has 8 nitrogen and oxygen atoms in total. The molecule has 1 N–H and O–H groups in total. The SMILES string of the molecule is CCN(CC)C(=O)CNc1ncnc(Cl)c1[N+](=O)[O-]. The average Bonchev–Trinajstić information content (AvgIpc) is 2.37. The number of amides is 1. The third-order valence-corrected chi connectivity index (χ3v) is 2.76. The Kier molecular flexibility index (Phi) is 5.43. The van der Waals surface area contributed by atoms with Crippen molar-refractivity contribution in [3.63, 3.8) is 0 Å². The van der Waals surface area contributed by atoms with Gasteiger partial charge in [-0.15, -0.1) is 0 Å². The largest absolute Gasteiger partial charge is 0.355 e. The highest BCUT2D eigenvalue weighted by molar-refractivity contribution is 6.31. The standard InChI is InChI=1S/C10H14ClN5O3/c1-3-15(4-2)7(17)5-12-10-8(16(18)19)9(11)13-6-14-10/h6H,3-5H2,1-2H3,(H,12,13,14). The van der Waals surface area contributed by atoms with Crippen LogP contribution < -0.4 is 5.32 Å². The zero-order valence-corrected chi connectivity index (χ0v) is 11.3. The fraction of sp³-hybridized carbons (Fsp3) is 0.500. The zero-order valence-electron chi connectivity index (χ0n) is 10.6. The van der Waals surface area contributed by atoms with E-state index in [4.69, 9.17) is 11.6 Å². The Morgan fingerprint density at radius 2 is 2.11 bits per heavy atom. The van der Waals surface area contributed by atoms with E-state index in [-0.39, 0.29) is 23.4 Å². The molecule has 0 atom stereocenters. The van der Waals surface area contributed by atoms with E-state index in [1.165, 1.54) is 0 Å². The van der Waals surface area contributed by atoms with Gasteiger partial charge in [0, 0.05) is 13.1 Å². The maximum Gasteiger partial charge on any atom is 0.348 e. The number of aromatic nitrogens is 2. The first-order chi connectivity index (χ1) is 9.01. The Bertz CT molecular complexity index is 478. The summed E-state index contributed by atoms with van der Waals surface area (Å²) in [4.78, 5) is 30.8. The second-order valence-corrected chi connectivity index (χ2v) is 3.90. The predicted octanol–water partition coefficient (Wildman–Crippen LogP) is 1.32. The van der Waals surface area contributed by atoms with Crippen molar-refractivity contribution >= 4 is 29.0 Å². The molecule has 19 heavy (non-hydrogen) atoms. The monoisotopic (exact) mass is 287 g/mol. The molecule has 1 amide bonds. The molecule has 0 unspecified atom stereocenters. The Hall–Kier alpha value is -1.96. The van der Waals surface area contributed by atoms with Crippen molar-refractivity contribution in [2.45, 2.75) is 13.8 Å². The fourth-order valence-corrected chi connectivity index (χ4v) is 1.70. The van der Waals surface area contributed by atoms with Crippen LogP contribution in [0.3, 0.4) is 0 Å². The fourth-order valence-electron chi connectivity index (χ4n) is 1.50. The topological polar surface area (TPSA) is 101 Å². The van der Waals surface area contributed by atoms with Crippen LogP contribution >= 0.6 is 11.6 Å². The van der Waals surface area contributed by atoms with Crippen LogP contribution in [0.25, 0.3) is 0 Å². The van der Waals surface area contributed by atoms with Crippen molar-refractivity contribution in [1.29, 1.82) is 0 Å². The van der Waals surface area contributed by atoms with E-state index in [1.807, 2.05) is 13.8 Å². The summed E-state index contributed by atoms with van der Waals surface area (Å²) >= 11 is 5.63. The van der Waals surface area contributed by atoms with Crippen molar-refractivity contribution in [2.24, 2.45) is 0 Å². The molecule has 0 saturated heterocycles. The van der Waals surface area contributed by atoms with Gasteiger partial charge < -0.3 is 10.2 Å². The second-order valence-electron chi connectivity index (χ2n) is 3.54. The maximum absolute atomic E-state index is 11.8. The summed E-state index contributed by atoms with van der Waals surface area (Å²) < 4.78 is 0. The first kappa shape index (κ1) is 15.1. The lowest BCUT2D eigenvalue weighted by atomic mass is 10.4. The molecule has 0 saturated carbocycles. The van der Waals surface area contributed by atoms with Gasteiger partial charge in [-0.1, -0.05) is 11.6 Å². The molecule has 1 heterocycles. The summed E-state index contributed by atoms with van der Waals surface area (Å²) in [6, 6.07) is 0. The Morgan fingerprint density at radius 3 is 2.63 bits per heavy atom. The van der Waals surface area contributed by atoms with Crippen LogP contribution in [0.4, 0.5) is 11.5 Å². The third-order valence-electron chi connectivity index (χ3n) is 2.48. The van der Waals surface area contributed by atoms with E-state index >= 15 is 0 Å². The van der Waals surface area contributed by atoms with E-state index in [9.17, 15) is 14.9 Å². The lowest BCUT2D eigenvalue weighted by molar-refractivity contribution is -0.384. The number of nitrogens with zero attached hydrogens (tertiary/aromatic N) is 4. The summed E-state index contributed by atoms with van der Waals surface area (Å²) in [5.41, 5.74) is -0.434. The highest BCUT2D eigenvalue weighted by Gasteiger charge is 2.22. The minimum absolute atomic E-state index is 0.0643. The molecule has 0 aliphatic heterocycles. The summed E-state index contributed by atoms with van der Waals surface area (Å²) in [5, 5.41) is 13.2. The van der Waals surface area contributed by atoms with Gasteiger partial charge in [0.15, 0.2) is 0 Å². The number of hydrogen-bond acceptors (Lipinski definition) is 6. The summed E-state index contributed by atoms with van der Waals surface area (Å²) in [7, 11) is 0. The van der Waals surface area contributed by atoms with Gasteiger partial charge in [0.05, 0.1) is 11.5 Å². The molecule has 0 aromatic carbocycles. The summed E-state index contributed by atoms with van der Waals surface area (Å²) in [6.45, 7) is 4.76. The minimum Gasteiger partial charge on any atom is -0.355 e. The number of nitrogens with one attached hydrogen (secondary N) is 1. The predicted molar refractivity (Wildman–Crippen MR) is 70.1 cm³/mol. The molecule has 0 bridgehead atoms. The Morgan fingerprint density at radius 1 is 1.47 bits per heavy atom. The van der Waals surface area contributed by atoms with Gasteiger partial charge in [0.2, 0.25) is 16.9 Å². The molecule has 0 aliphatic carbocycles. The molecular formula is C10H14ClN5O3. The number of halogens is 1. The lowest BCUT2D eigenvalue weighted by Gasteiger charge is -2.18. The van der Waals surface area contributed by atoms with Gasteiger partial charge in [0.25, 0.3) is 0 Å². The van der Waals surface area contributed by atoms with Gasteiger partial charge in [-0.05, 0) is 13.8 Å². The lowest BCUT2D eigenvalue weighted by Crippen LogP contribution is -2.35. The Balaban J connectivity index is 2.81. The van der Waals surface area contributed by atoms with E-state index in [0.29, 0.717) is 13.1 Å². The molecule has 1 aromatic heterocycles. The second kappa shape index (κ2) is 6.83. The van der Waals surface area contributed by atoms with Crippen molar-refractivity contribution < 1.29 is 9.72 Å². The number of rotatable bonds is 6. The average molecular weight is 288 g/mol. The number of anilines is 1. The van der Waals surface area contributed by atoms with Gasteiger partial charge >= 0.3 is 5.69 Å². The summed E-state index contributed by atoms with van der Waals surface area (Å²) in [5.74, 6) is -0.237. The number of hydrogen-bond donors (Lipinski definition) is 1. The molecule has 0 radical (unpaired) electrons. The van der Waals surface area contributed by atoms with Gasteiger partial charge in [0.1, 0.15) is 6.33 Å². The van der Waals surface area contributed by atoms with Crippen molar-refractivity contribution in [3.8, 4) is 0 Å². The van der Waals surface area contributed by atoms with Crippen LogP contribution in [0.15, 0.2) is 6.33 Å².